The molecule has 2 rings (SSSR count). The molecule has 0 bridgehead atoms. The summed E-state index contributed by atoms with van der Waals surface area (Å²) in [5.74, 6) is 0.185. The Labute approximate surface area is 87.0 Å². The van der Waals surface area contributed by atoms with Crippen LogP contribution in [-0.4, -0.2) is 17.6 Å². The normalized spacial score (nSPS) is 15.2. The van der Waals surface area contributed by atoms with E-state index in [1.54, 1.807) is 18.3 Å². The number of hydrogen-bond donors (Lipinski definition) is 0. The van der Waals surface area contributed by atoms with Crippen LogP contribution in [-0.2, 0) is 4.74 Å². The van der Waals surface area contributed by atoms with Gasteiger partial charge in [0.1, 0.15) is 5.15 Å². The number of carbonyl (C=O) groups is 1. The minimum atomic E-state index is -0.380. The Hall–Kier alpha value is -1.09. The van der Waals surface area contributed by atoms with Crippen molar-refractivity contribution in [3.63, 3.8) is 0 Å². The van der Waals surface area contributed by atoms with Crippen molar-refractivity contribution >= 4 is 17.6 Å². The highest BCUT2D eigenvalue weighted by Crippen LogP contribution is 2.29. The lowest BCUT2D eigenvalue weighted by molar-refractivity contribution is 0.0486. The molecule has 0 saturated heterocycles. The minimum Gasteiger partial charge on any atom is -0.462 e. The van der Waals surface area contributed by atoms with E-state index in [1.165, 1.54) is 0 Å². The van der Waals surface area contributed by atoms with E-state index in [2.05, 4.69) is 4.98 Å². The van der Waals surface area contributed by atoms with E-state index in [4.69, 9.17) is 16.3 Å². The van der Waals surface area contributed by atoms with Crippen LogP contribution in [0.3, 0.4) is 0 Å². The quantitative estimate of drug-likeness (QED) is 0.569. The van der Waals surface area contributed by atoms with Gasteiger partial charge in [0.15, 0.2) is 0 Å². The Morgan fingerprint density at radius 1 is 1.64 bits per heavy atom. The number of ether oxygens (including phenoxy) is 1. The SMILES string of the molecule is O=C(OCC1CC1)c1cccnc1Cl. The van der Waals surface area contributed by atoms with E-state index < -0.39 is 0 Å². The zero-order valence-electron chi connectivity index (χ0n) is 7.57. The lowest BCUT2D eigenvalue weighted by Gasteiger charge is -2.03. The van der Waals surface area contributed by atoms with Gasteiger partial charge in [-0.2, -0.15) is 0 Å². The average Bonchev–Trinajstić information content (AvgIpc) is 2.98. The zero-order chi connectivity index (χ0) is 9.97. The molecule has 1 fully saturated rings. The van der Waals surface area contributed by atoms with Crippen molar-refractivity contribution in [2.24, 2.45) is 5.92 Å². The van der Waals surface area contributed by atoms with Crippen molar-refractivity contribution < 1.29 is 9.53 Å². The molecular weight excluding hydrogens is 202 g/mol. The summed E-state index contributed by atoms with van der Waals surface area (Å²) in [6, 6.07) is 3.28. The lowest BCUT2D eigenvalue weighted by Crippen LogP contribution is -2.08. The second-order valence-corrected chi connectivity index (χ2v) is 3.74. The third-order valence-corrected chi connectivity index (χ3v) is 2.43. The zero-order valence-corrected chi connectivity index (χ0v) is 8.33. The molecule has 0 amide bonds. The van der Waals surface area contributed by atoms with E-state index in [-0.39, 0.29) is 11.1 Å². The molecule has 1 aromatic rings. The van der Waals surface area contributed by atoms with Gasteiger partial charge in [-0.25, -0.2) is 9.78 Å². The van der Waals surface area contributed by atoms with E-state index >= 15 is 0 Å². The minimum absolute atomic E-state index is 0.202. The van der Waals surface area contributed by atoms with Gasteiger partial charge in [0.05, 0.1) is 12.2 Å². The summed E-state index contributed by atoms with van der Waals surface area (Å²) in [6.07, 6.45) is 3.86. The van der Waals surface area contributed by atoms with Crippen molar-refractivity contribution in [3.8, 4) is 0 Å². The maximum absolute atomic E-state index is 11.5. The Balaban J connectivity index is 1.98. The van der Waals surface area contributed by atoms with Crippen LogP contribution in [0.5, 0.6) is 0 Å². The molecule has 14 heavy (non-hydrogen) atoms. The van der Waals surface area contributed by atoms with E-state index in [9.17, 15) is 4.79 Å². The Morgan fingerprint density at radius 3 is 3.07 bits per heavy atom. The fourth-order valence-electron chi connectivity index (χ4n) is 1.09. The molecule has 0 unspecified atom stereocenters. The Bertz CT molecular complexity index is 350. The van der Waals surface area contributed by atoms with Gasteiger partial charge in [0, 0.05) is 6.20 Å². The van der Waals surface area contributed by atoms with E-state index in [1.807, 2.05) is 0 Å². The first-order valence-electron chi connectivity index (χ1n) is 4.55. The summed E-state index contributed by atoms with van der Waals surface area (Å²) < 4.78 is 5.07. The lowest BCUT2D eigenvalue weighted by atomic mass is 10.3. The Morgan fingerprint density at radius 2 is 2.43 bits per heavy atom. The third kappa shape index (κ3) is 2.23. The van der Waals surface area contributed by atoms with Crippen LogP contribution in [0.25, 0.3) is 0 Å². The number of aromatic nitrogens is 1. The molecule has 3 nitrogen and oxygen atoms in total. The molecule has 1 aliphatic rings. The molecule has 0 N–H and O–H groups in total. The molecule has 1 aromatic heterocycles. The largest absolute Gasteiger partial charge is 0.462 e. The number of pyridine rings is 1. The third-order valence-electron chi connectivity index (χ3n) is 2.13. The van der Waals surface area contributed by atoms with Crippen LogP contribution in [0.15, 0.2) is 18.3 Å². The number of hydrogen-bond acceptors (Lipinski definition) is 3. The molecule has 0 aliphatic heterocycles. The van der Waals surface area contributed by atoms with Crippen LogP contribution in [0, 0.1) is 5.92 Å². The summed E-state index contributed by atoms with van der Waals surface area (Å²) in [5.41, 5.74) is 0.342. The topological polar surface area (TPSA) is 39.2 Å². The fraction of sp³-hybridized carbons (Fsp3) is 0.400. The smallest absolute Gasteiger partial charge is 0.341 e. The highest BCUT2D eigenvalue weighted by molar-refractivity contribution is 6.32. The predicted octanol–water partition coefficient (Wildman–Crippen LogP) is 2.30. The van der Waals surface area contributed by atoms with Crippen molar-refractivity contribution in [1.29, 1.82) is 0 Å². The number of halogens is 1. The summed E-state index contributed by atoms with van der Waals surface area (Å²) in [4.78, 5) is 15.3. The van der Waals surface area contributed by atoms with Crippen LogP contribution < -0.4 is 0 Å². The van der Waals surface area contributed by atoms with Crippen molar-refractivity contribution in [2.75, 3.05) is 6.61 Å². The molecular formula is C10H10ClNO2. The molecule has 1 saturated carbocycles. The molecule has 0 aromatic carbocycles. The molecule has 4 heteroatoms. The van der Waals surface area contributed by atoms with Gasteiger partial charge in [-0.3, -0.25) is 0 Å². The fourth-order valence-corrected chi connectivity index (χ4v) is 1.29. The van der Waals surface area contributed by atoms with Gasteiger partial charge in [-0.15, -0.1) is 0 Å². The maximum atomic E-state index is 11.5. The van der Waals surface area contributed by atoms with Gasteiger partial charge in [-0.1, -0.05) is 11.6 Å². The van der Waals surface area contributed by atoms with Gasteiger partial charge >= 0.3 is 5.97 Å². The Kier molecular flexibility index (Phi) is 2.68. The van der Waals surface area contributed by atoms with E-state index in [0.29, 0.717) is 18.1 Å². The number of rotatable bonds is 3. The van der Waals surface area contributed by atoms with Crippen LogP contribution in [0.4, 0.5) is 0 Å². The van der Waals surface area contributed by atoms with Crippen LogP contribution >= 0.6 is 11.6 Å². The van der Waals surface area contributed by atoms with Crippen molar-refractivity contribution in [2.45, 2.75) is 12.8 Å². The summed E-state index contributed by atoms with van der Waals surface area (Å²) in [6.45, 7) is 0.504. The first-order chi connectivity index (χ1) is 6.77. The molecule has 1 aliphatic carbocycles. The standard InChI is InChI=1S/C10H10ClNO2/c11-9-8(2-1-5-12-9)10(13)14-6-7-3-4-7/h1-2,5,7H,3-4,6H2. The van der Waals surface area contributed by atoms with Crippen molar-refractivity contribution in [1.82, 2.24) is 4.98 Å². The van der Waals surface area contributed by atoms with Crippen LogP contribution in [0.2, 0.25) is 5.15 Å². The van der Waals surface area contributed by atoms with Crippen LogP contribution in [0.1, 0.15) is 23.2 Å². The molecule has 0 radical (unpaired) electrons. The average molecular weight is 212 g/mol. The predicted molar refractivity (Wildman–Crippen MR) is 52.3 cm³/mol. The molecule has 0 spiro atoms. The van der Waals surface area contributed by atoms with E-state index in [0.717, 1.165) is 12.8 Å². The highest BCUT2D eigenvalue weighted by atomic mass is 35.5. The van der Waals surface area contributed by atoms with Gasteiger partial charge in [0.2, 0.25) is 0 Å². The molecule has 1 heterocycles. The summed E-state index contributed by atoms with van der Waals surface area (Å²) in [5, 5.41) is 0.202. The van der Waals surface area contributed by atoms with Gasteiger partial charge in [-0.05, 0) is 30.9 Å². The second-order valence-electron chi connectivity index (χ2n) is 3.38. The number of esters is 1. The number of carbonyl (C=O) groups excluding carboxylic acids is 1. The summed E-state index contributed by atoms with van der Waals surface area (Å²) in [7, 11) is 0. The highest BCUT2D eigenvalue weighted by Gasteiger charge is 2.23. The maximum Gasteiger partial charge on any atom is 0.341 e. The second kappa shape index (κ2) is 3.96. The van der Waals surface area contributed by atoms with Gasteiger partial charge in [0.25, 0.3) is 0 Å². The first-order valence-corrected chi connectivity index (χ1v) is 4.93. The van der Waals surface area contributed by atoms with Gasteiger partial charge < -0.3 is 4.74 Å². The number of nitrogens with zero attached hydrogens (tertiary/aromatic N) is 1. The molecule has 0 atom stereocenters. The first kappa shape index (κ1) is 9.46. The summed E-state index contributed by atoms with van der Waals surface area (Å²) >= 11 is 5.74. The molecule has 74 valence electrons. The van der Waals surface area contributed by atoms with Crippen molar-refractivity contribution in [3.05, 3.63) is 29.0 Å². The monoisotopic (exact) mass is 211 g/mol.